The number of anilines is 2. The first kappa shape index (κ1) is 19.9. The van der Waals surface area contributed by atoms with Gasteiger partial charge in [0, 0.05) is 45.0 Å². The van der Waals surface area contributed by atoms with Crippen molar-refractivity contribution in [1.29, 1.82) is 0 Å². The predicted octanol–water partition coefficient (Wildman–Crippen LogP) is 2.87. The van der Waals surface area contributed by atoms with Crippen LogP contribution in [0.25, 0.3) is 0 Å². The Morgan fingerprint density at radius 2 is 1.89 bits per heavy atom. The van der Waals surface area contributed by atoms with E-state index < -0.39 is 0 Å². The van der Waals surface area contributed by atoms with Crippen LogP contribution in [-0.2, 0) is 9.53 Å². The second-order valence-electron chi connectivity index (χ2n) is 7.22. The van der Waals surface area contributed by atoms with Crippen molar-refractivity contribution in [3.05, 3.63) is 59.7 Å². The molecule has 6 nitrogen and oxygen atoms in total. The minimum atomic E-state index is -0.189. The normalized spacial score (nSPS) is 17.7. The highest BCUT2D eigenvalue weighted by atomic mass is 16.5. The third-order valence-electron chi connectivity index (χ3n) is 4.94. The van der Waals surface area contributed by atoms with Gasteiger partial charge in [0.2, 0.25) is 5.91 Å². The van der Waals surface area contributed by atoms with Crippen LogP contribution in [-0.4, -0.2) is 46.2 Å². The van der Waals surface area contributed by atoms with E-state index in [1.165, 1.54) is 5.56 Å². The molecule has 1 aliphatic carbocycles. The second kappa shape index (κ2) is 8.89. The monoisotopic (exact) mass is 381 g/mol. The Balaban J connectivity index is 1.69. The van der Waals surface area contributed by atoms with Crippen molar-refractivity contribution in [3.63, 3.8) is 0 Å². The number of carbonyl (C=O) groups is 2. The summed E-state index contributed by atoms with van der Waals surface area (Å²) in [7, 11) is 5.36. The summed E-state index contributed by atoms with van der Waals surface area (Å²) < 4.78 is 4.98. The molecule has 2 aromatic rings. The highest BCUT2D eigenvalue weighted by Crippen LogP contribution is 2.47. The summed E-state index contributed by atoms with van der Waals surface area (Å²) in [5.74, 6) is 0.0663. The number of amides is 2. The van der Waals surface area contributed by atoms with E-state index in [0.717, 1.165) is 12.1 Å². The molecule has 2 N–H and O–H groups in total. The zero-order valence-electron chi connectivity index (χ0n) is 16.6. The Hall–Kier alpha value is -2.86. The van der Waals surface area contributed by atoms with Gasteiger partial charge < -0.3 is 20.3 Å². The topological polar surface area (TPSA) is 70.7 Å². The van der Waals surface area contributed by atoms with Gasteiger partial charge in [-0.15, -0.1) is 0 Å². The van der Waals surface area contributed by atoms with Gasteiger partial charge in [0.25, 0.3) is 5.91 Å². The molecule has 0 heterocycles. The van der Waals surface area contributed by atoms with Crippen LogP contribution in [0, 0.1) is 5.92 Å². The van der Waals surface area contributed by atoms with Gasteiger partial charge in [0.15, 0.2) is 0 Å². The zero-order chi connectivity index (χ0) is 20.1. The van der Waals surface area contributed by atoms with E-state index in [1.807, 2.05) is 49.3 Å². The standard InChI is InChI=1S/C22H27N3O3/c1-25(2)20-10-9-16(13-19(20)21(26)23-11-12-28-3)24-22(27)18-14-17(18)15-7-5-4-6-8-15/h4-10,13,17-18H,11-12,14H2,1-3H3,(H,23,26)(H,24,27). The number of methoxy groups -OCH3 is 1. The number of carbonyl (C=O) groups excluding carboxylic acids is 2. The van der Waals surface area contributed by atoms with Gasteiger partial charge in [-0.2, -0.15) is 0 Å². The maximum Gasteiger partial charge on any atom is 0.253 e. The average molecular weight is 381 g/mol. The molecule has 2 amide bonds. The third kappa shape index (κ3) is 4.70. The summed E-state index contributed by atoms with van der Waals surface area (Å²) >= 11 is 0. The molecule has 28 heavy (non-hydrogen) atoms. The van der Waals surface area contributed by atoms with Gasteiger partial charge >= 0.3 is 0 Å². The lowest BCUT2D eigenvalue weighted by Crippen LogP contribution is -2.29. The quantitative estimate of drug-likeness (QED) is 0.690. The number of rotatable bonds is 8. The summed E-state index contributed by atoms with van der Waals surface area (Å²) in [5.41, 5.74) is 3.14. The van der Waals surface area contributed by atoms with Crippen LogP contribution in [0.4, 0.5) is 11.4 Å². The van der Waals surface area contributed by atoms with Crippen LogP contribution in [0.3, 0.4) is 0 Å². The van der Waals surface area contributed by atoms with Crippen LogP contribution >= 0.6 is 0 Å². The Kier molecular flexibility index (Phi) is 6.31. The molecule has 1 fully saturated rings. The molecular weight excluding hydrogens is 354 g/mol. The summed E-state index contributed by atoms with van der Waals surface area (Å²) in [6.07, 6.45) is 0.857. The number of hydrogen-bond donors (Lipinski definition) is 2. The van der Waals surface area contributed by atoms with Gasteiger partial charge in [-0.25, -0.2) is 0 Å². The van der Waals surface area contributed by atoms with Crippen LogP contribution in [0.15, 0.2) is 48.5 Å². The van der Waals surface area contributed by atoms with Crippen molar-refractivity contribution in [1.82, 2.24) is 5.32 Å². The van der Waals surface area contributed by atoms with E-state index in [-0.39, 0.29) is 23.7 Å². The van der Waals surface area contributed by atoms with Gasteiger partial charge in [0.1, 0.15) is 0 Å². The Labute approximate surface area is 165 Å². The Bertz CT molecular complexity index is 836. The molecule has 3 rings (SSSR count). The highest BCUT2D eigenvalue weighted by Gasteiger charge is 2.43. The number of ether oxygens (including phenoxy) is 1. The molecule has 0 radical (unpaired) electrons. The van der Waals surface area contributed by atoms with Crippen LogP contribution < -0.4 is 15.5 Å². The number of hydrogen-bond acceptors (Lipinski definition) is 4. The fourth-order valence-electron chi connectivity index (χ4n) is 3.34. The molecule has 2 atom stereocenters. The lowest BCUT2D eigenvalue weighted by molar-refractivity contribution is -0.117. The number of nitrogens with one attached hydrogen (secondary N) is 2. The Morgan fingerprint density at radius 1 is 1.14 bits per heavy atom. The third-order valence-corrected chi connectivity index (χ3v) is 4.94. The van der Waals surface area contributed by atoms with E-state index in [1.54, 1.807) is 13.2 Å². The van der Waals surface area contributed by atoms with Crippen LogP contribution in [0.2, 0.25) is 0 Å². The molecule has 1 saturated carbocycles. The molecule has 0 saturated heterocycles. The molecule has 0 aliphatic heterocycles. The minimum absolute atomic E-state index is 0.00260. The van der Waals surface area contributed by atoms with Gasteiger partial charge in [-0.3, -0.25) is 9.59 Å². The SMILES string of the molecule is COCCNC(=O)c1cc(NC(=O)C2CC2c2ccccc2)ccc1N(C)C. The summed E-state index contributed by atoms with van der Waals surface area (Å²) in [6.45, 7) is 0.877. The molecule has 148 valence electrons. The smallest absolute Gasteiger partial charge is 0.253 e. The van der Waals surface area contributed by atoms with Gasteiger partial charge in [0.05, 0.1) is 12.2 Å². The zero-order valence-corrected chi connectivity index (χ0v) is 16.6. The van der Waals surface area contributed by atoms with E-state index in [2.05, 4.69) is 22.8 Å². The molecule has 1 aliphatic rings. The fraction of sp³-hybridized carbons (Fsp3) is 0.364. The number of benzene rings is 2. The first-order chi connectivity index (χ1) is 13.5. The summed E-state index contributed by atoms with van der Waals surface area (Å²) in [4.78, 5) is 27.1. The maximum absolute atomic E-state index is 12.6. The van der Waals surface area contributed by atoms with Crippen molar-refractivity contribution in [2.75, 3.05) is 44.6 Å². The minimum Gasteiger partial charge on any atom is -0.383 e. The lowest BCUT2D eigenvalue weighted by Gasteiger charge is -2.18. The van der Waals surface area contributed by atoms with Crippen molar-refractivity contribution >= 4 is 23.2 Å². The highest BCUT2D eigenvalue weighted by molar-refractivity contribution is 6.02. The molecule has 0 bridgehead atoms. The van der Waals surface area contributed by atoms with Crippen molar-refractivity contribution in [2.45, 2.75) is 12.3 Å². The fourth-order valence-corrected chi connectivity index (χ4v) is 3.34. The van der Waals surface area contributed by atoms with Crippen LogP contribution in [0.1, 0.15) is 28.3 Å². The van der Waals surface area contributed by atoms with E-state index in [0.29, 0.717) is 24.4 Å². The second-order valence-corrected chi connectivity index (χ2v) is 7.22. The number of nitrogens with zero attached hydrogens (tertiary/aromatic N) is 1. The molecule has 0 spiro atoms. The Morgan fingerprint density at radius 3 is 2.57 bits per heavy atom. The first-order valence-corrected chi connectivity index (χ1v) is 9.45. The molecule has 2 unspecified atom stereocenters. The van der Waals surface area contributed by atoms with E-state index in [4.69, 9.17) is 4.74 Å². The lowest BCUT2D eigenvalue weighted by atomic mass is 10.1. The molecular formula is C22H27N3O3. The molecule has 6 heteroatoms. The van der Waals surface area contributed by atoms with Crippen molar-refractivity contribution in [2.24, 2.45) is 5.92 Å². The van der Waals surface area contributed by atoms with Gasteiger partial charge in [-0.1, -0.05) is 30.3 Å². The summed E-state index contributed by atoms with van der Waals surface area (Å²) in [6, 6.07) is 15.5. The van der Waals surface area contributed by atoms with E-state index in [9.17, 15) is 9.59 Å². The molecule has 0 aromatic heterocycles. The predicted molar refractivity (Wildman–Crippen MR) is 111 cm³/mol. The molecule has 2 aromatic carbocycles. The average Bonchev–Trinajstić information content (AvgIpc) is 3.49. The largest absolute Gasteiger partial charge is 0.383 e. The maximum atomic E-state index is 12.6. The van der Waals surface area contributed by atoms with Crippen molar-refractivity contribution < 1.29 is 14.3 Å². The van der Waals surface area contributed by atoms with Gasteiger partial charge in [-0.05, 0) is 36.1 Å². The van der Waals surface area contributed by atoms with Crippen molar-refractivity contribution in [3.8, 4) is 0 Å². The van der Waals surface area contributed by atoms with Crippen LogP contribution in [0.5, 0.6) is 0 Å². The first-order valence-electron chi connectivity index (χ1n) is 9.45. The summed E-state index contributed by atoms with van der Waals surface area (Å²) in [5, 5.41) is 5.81. The van der Waals surface area contributed by atoms with E-state index >= 15 is 0 Å².